The van der Waals surface area contributed by atoms with E-state index < -0.39 is 0 Å². The second kappa shape index (κ2) is 7.05. The van der Waals surface area contributed by atoms with E-state index in [4.69, 9.17) is 4.74 Å². The van der Waals surface area contributed by atoms with Crippen LogP contribution >= 0.6 is 0 Å². The standard InChI is InChI=1S/C15H20N2O3/c1-20-11-14(12-7-3-2-4-8-12)16-13-9-5-6-10-15(13)17(18)19/h2-4,7-8,14,16H,5-6,9-11H2,1H3/t14-/m1/s1. The molecule has 1 aromatic rings. The van der Waals surface area contributed by atoms with E-state index in [1.54, 1.807) is 7.11 Å². The van der Waals surface area contributed by atoms with Crippen molar-refractivity contribution in [2.75, 3.05) is 13.7 Å². The van der Waals surface area contributed by atoms with Crippen LogP contribution in [0.4, 0.5) is 0 Å². The number of nitro groups is 1. The average molecular weight is 276 g/mol. The molecule has 5 nitrogen and oxygen atoms in total. The number of rotatable bonds is 6. The lowest BCUT2D eigenvalue weighted by Crippen LogP contribution is -2.28. The van der Waals surface area contributed by atoms with Gasteiger partial charge in [0.15, 0.2) is 0 Å². The molecule has 0 saturated heterocycles. The molecule has 1 aromatic carbocycles. The summed E-state index contributed by atoms with van der Waals surface area (Å²) in [5.74, 6) is 0. The van der Waals surface area contributed by atoms with E-state index >= 15 is 0 Å². The van der Waals surface area contributed by atoms with Gasteiger partial charge in [0.1, 0.15) is 0 Å². The Hall–Kier alpha value is -1.88. The minimum Gasteiger partial charge on any atom is -0.382 e. The molecule has 0 amide bonds. The largest absolute Gasteiger partial charge is 0.382 e. The van der Waals surface area contributed by atoms with E-state index in [0.717, 1.165) is 30.5 Å². The summed E-state index contributed by atoms with van der Waals surface area (Å²) in [5, 5.41) is 14.4. The summed E-state index contributed by atoms with van der Waals surface area (Å²) in [6.45, 7) is 0.485. The molecule has 5 heteroatoms. The first-order valence-corrected chi connectivity index (χ1v) is 6.89. The van der Waals surface area contributed by atoms with Crippen LogP contribution in [0.1, 0.15) is 37.3 Å². The summed E-state index contributed by atoms with van der Waals surface area (Å²) in [6, 6.07) is 9.84. The highest BCUT2D eigenvalue weighted by Gasteiger charge is 2.24. The van der Waals surface area contributed by atoms with Crippen LogP contribution in [0.2, 0.25) is 0 Å². The Labute approximate surface area is 118 Å². The molecule has 0 unspecified atom stereocenters. The molecular formula is C15H20N2O3. The molecule has 0 spiro atoms. The van der Waals surface area contributed by atoms with Crippen molar-refractivity contribution >= 4 is 0 Å². The van der Waals surface area contributed by atoms with Crippen LogP contribution in [-0.2, 0) is 4.74 Å². The third-order valence-electron chi connectivity index (χ3n) is 3.54. The normalized spacial score (nSPS) is 16.9. The van der Waals surface area contributed by atoms with E-state index in [2.05, 4.69) is 5.32 Å². The van der Waals surface area contributed by atoms with Gasteiger partial charge in [0, 0.05) is 13.5 Å². The summed E-state index contributed by atoms with van der Waals surface area (Å²) >= 11 is 0. The fourth-order valence-corrected chi connectivity index (χ4v) is 2.53. The zero-order valence-electron chi connectivity index (χ0n) is 11.7. The Bertz CT molecular complexity index is 485. The number of benzene rings is 1. The van der Waals surface area contributed by atoms with Crippen LogP contribution < -0.4 is 5.32 Å². The van der Waals surface area contributed by atoms with Crippen molar-refractivity contribution in [3.8, 4) is 0 Å². The molecule has 1 N–H and O–H groups in total. The van der Waals surface area contributed by atoms with E-state index in [1.165, 1.54) is 0 Å². The highest BCUT2D eigenvalue weighted by Crippen LogP contribution is 2.26. The summed E-state index contributed by atoms with van der Waals surface area (Å²) in [4.78, 5) is 10.9. The van der Waals surface area contributed by atoms with Crippen molar-refractivity contribution in [3.63, 3.8) is 0 Å². The highest BCUT2D eigenvalue weighted by atomic mass is 16.6. The van der Waals surface area contributed by atoms with Crippen LogP contribution in [0.5, 0.6) is 0 Å². The smallest absolute Gasteiger partial charge is 0.264 e. The zero-order chi connectivity index (χ0) is 14.4. The lowest BCUT2D eigenvalue weighted by molar-refractivity contribution is -0.430. The quantitative estimate of drug-likeness (QED) is 0.640. The van der Waals surface area contributed by atoms with Gasteiger partial charge in [-0.05, 0) is 24.8 Å². The van der Waals surface area contributed by atoms with Crippen molar-refractivity contribution in [1.82, 2.24) is 5.32 Å². The van der Waals surface area contributed by atoms with Gasteiger partial charge in [0.2, 0.25) is 0 Å². The number of ether oxygens (including phenoxy) is 1. The van der Waals surface area contributed by atoms with Crippen LogP contribution in [-0.4, -0.2) is 18.6 Å². The first kappa shape index (κ1) is 14.5. The molecule has 0 aromatic heterocycles. The van der Waals surface area contributed by atoms with Gasteiger partial charge in [-0.15, -0.1) is 0 Å². The van der Waals surface area contributed by atoms with E-state index in [0.29, 0.717) is 18.7 Å². The number of methoxy groups -OCH3 is 1. The lowest BCUT2D eigenvalue weighted by Gasteiger charge is -2.23. The minimum atomic E-state index is -0.254. The Balaban J connectivity index is 2.21. The van der Waals surface area contributed by atoms with E-state index in [9.17, 15) is 10.1 Å². The fraction of sp³-hybridized carbons (Fsp3) is 0.467. The van der Waals surface area contributed by atoms with Crippen molar-refractivity contribution < 1.29 is 9.66 Å². The van der Waals surface area contributed by atoms with Crippen LogP contribution in [0.25, 0.3) is 0 Å². The molecule has 108 valence electrons. The predicted molar refractivity (Wildman–Crippen MR) is 76.7 cm³/mol. The molecule has 0 heterocycles. The molecule has 1 aliphatic rings. The molecule has 1 atom stereocenters. The number of nitrogens with zero attached hydrogens (tertiary/aromatic N) is 1. The fourth-order valence-electron chi connectivity index (χ4n) is 2.53. The maximum atomic E-state index is 11.1. The Morgan fingerprint density at radius 1 is 1.30 bits per heavy atom. The van der Waals surface area contributed by atoms with Crippen molar-refractivity contribution in [2.24, 2.45) is 0 Å². The summed E-state index contributed by atoms with van der Waals surface area (Å²) in [5.41, 5.74) is 2.16. The second-order valence-electron chi connectivity index (χ2n) is 4.95. The monoisotopic (exact) mass is 276 g/mol. The minimum absolute atomic E-state index is 0.0516. The zero-order valence-corrected chi connectivity index (χ0v) is 11.7. The van der Waals surface area contributed by atoms with E-state index in [1.807, 2.05) is 30.3 Å². The molecule has 1 aliphatic carbocycles. The Kier molecular flexibility index (Phi) is 5.12. The van der Waals surface area contributed by atoms with Gasteiger partial charge in [0.25, 0.3) is 5.70 Å². The first-order chi connectivity index (χ1) is 9.72. The summed E-state index contributed by atoms with van der Waals surface area (Å²) in [7, 11) is 1.64. The molecule has 0 fully saturated rings. The number of hydrogen-bond donors (Lipinski definition) is 1. The molecule has 0 aliphatic heterocycles. The van der Waals surface area contributed by atoms with Gasteiger partial charge in [-0.25, -0.2) is 0 Å². The molecule has 0 radical (unpaired) electrons. The number of allylic oxidation sites excluding steroid dienone is 2. The van der Waals surface area contributed by atoms with Gasteiger partial charge in [-0.3, -0.25) is 10.1 Å². The van der Waals surface area contributed by atoms with Crippen LogP contribution in [0.3, 0.4) is 0 Å². The van der Waals surface area contributed by atoms with Crippen LogP contribution in [0.15, 0.2) is 41.7 Å². The summed E-state index contributed by atoms with van der Waals surface area (Å²) in [6.07, 6.45) is 3.17. The lowest BCUT2D eigenvalue weighted by atomic mass is 9.99. The topological polar surface area (TPSA) is 64.4 Å². The number of nitrogens with one attached hydrogen (secondary N) is 1. The van der Waals surface area contributed by atoms with Crippen molar-refractivity contribution in [3.05, 3.63) is 57.4 Å². The first-order valence-electron chi connectivity index (χ1n) is 6.89. The third kappa shape index (κ3) is 3.57. The highest BCUT2D eigenvalue weighted by molar-refractivity contribution is 5.22. The molecule has 2 rings (SSSR count). The molecular weight excluding hydrogens is 256 g/mol. The third-order valence-corrected chi connectivity index (χ3v) is 3.54. The van der Waals surface area contributed by atoms with Crippen molar-refractivity contribution in [2.45, 2.75) is 31.7 Å². The summed E-state index contributed by atoms with van der Waals surface area (Å²) < 4.78 is 5.24. The SMILES string of the molecule is COC[C@@H](NC1=C([N+](=O)[O-])CCCC1)c1ccccc1. The van der Waals surface area contributed by atoms with Crippen LogP contribution in [0, 0.1) is 10.1 Å². The maximum absolute atomic E-state index is 11.1. The van der Waals surface area contributed by atoms with Crippen molar-refractivity contribution in [1.29, 1.82) is 0 Å². The average Bonchev–Trinajstić information content (AvgIpc) is 2.48. The Morgan fingerprint density at radius 2 is 2.00 bits per heavy atom. The van der Waals surface area contributed by atoms with Gasteiger partial charge in [0.05, 0.1) is 23.3 Å². The van der Waals surface area contributed by atoms with Gasteiger partial charge in [-0.2, -0.15) is 0 Å². The molecule has 0 bridgehead atoms. The molecule has 20 heavy (non-hydrogen) atoms. The Morgan fingerprint density at radius 3 is 2.65 bits per heavy atom. The van der Waals surface area contributed by atoms with E-state index in [-0.39, 0.29) is 11.0 Å². The maximum Gasteiger partial charge on any atom is 0.264 e. The molecule has 0 saturated carbocycles. The predicted octanol–water partition coefficient (Wildman–Crippen LogP) is 3.03. The number of hydrogen-bond acceptors (Lipinski definition) is 4. The second-order valence-corrected chi connectivity index (χ2v) is 4.95. The van der Waals surface area contributed by atoms with Gasteiger partial charge in [-0.1, -0.05) is 30.3 Å². The van der Waals surface area contributed by atoms with Gasteiger partial charge < -0.3 is 10.1 Å². The van der Waals surface area contributed by atoms with Gasteiger partial charge >= 0.3 is 0 Å².